The quantitative estimate of drug-likeness (QED) is 0.616. The number of carbonyl (C=O) groups excluding carboxylic acids is 1. The Bertz CT molecular complexity index is 205. The third-order valence-electron chi connectivity index (χ3n) is 2.56. The van der Waals surface area contributed by atoms with Crippen LogP contribution in [0.25, 0.3) is 0 Å². The SMILES string of the molecule is O=C(ON1CCNCC1)ON1CCNCC1. The van der Waals surface area contributed by atoms with Crippen LogP contribution >= 0.6 is 0 Å². The van der Waals surface area contributed by atoms with Crippen LogP contribution in [-0.4, -0.2) is 68.6 Å². The molecule has 0 atom stereocenters. The molecule has 92 valence electrons. The maximum Gasteiger partial charge on any atom is 0.547 e. The second-order valence-corrected chi connectivity index (χ2v) is 3.79. The van der Waals surface area contributed by atoms with Crippen molar-refractivity contribution >= 4 is 6.16 Å². The maximum absolute atomic E-state index is 11.4. The lowest BCUT2D eigenvalue weighted by atomic mass is 10.4. The van der Waals surface area contributed by atoms with Gasteiger partial charge in [0.15, 0.2) is 0 Å². The lowest BCUT2D eigenvalue weighted by molar-refractivity contribution is -0.192. The number of piperazine rings is 2. The number of nitrogens with zero attached hydrogens (tertiary/aromatic N) is 2. The van der Waals surface area contributed by atoms with Crippen LogP contribution in [0.3, 0.4) is 0 Å². The Morgan fingerprint density at radius 3 is 1.56 bits per heavy atom. The van der Waals surface area contributed by atoms with Crippen LogP contribution in [0.5, 0.6) is 0 Å². The molecule has 2 aliphatic heterocycles. The van der Waals surface area contributed by atoms with E-state index in [-0.39, 0.29) is 0 Å². The molecule has 7 heteroatoms. The molecule has 0 radical (unpaired) electrons. The summed E-state index contributed by atoms with van der Waals surface area (Å²) in [6.45, 7) is 6.16. The van der Waals surface area contributed by atoms with Crippen LogP contribution < -0.4 is 10.6 Å². The first kappa shape index (κ1) is 11.6. The minimum atomic E-state index is -0.635. The number of hydrogen-bond acceptors (Lipinski definition) is 7. The average Bonchev–Trinajstić information content (AvgIpc) is 2.31. The lowest BCUT2D eigenvalue weighted by Crippen LogP contribution is -2.47. The normalized spacial score (nSPS) is 24.0. The zero-order valence-corrected chi connectivity index (χ0v) is 9.28. The number of carbonyl (C=O) groups is 1. The van der Waals surface area contributed by atoms with Gasteiger partial charge in [-0.1, -0.05) is 0 Å². The number of hydroxylamine groups is 4. The molecule has 0 saturated carbocycles. The van der Waals surface area contributed by atoms with Crippen LogP contribution in [0.1, 0.15) is 0 Å². The van der Waals surface area contributed by atoms with E-state index in [1.807, 2.05) is 0 Å². The molecule has 0 bridgehead atoms. The molecule has 2 aliphatic rings. The minimum Gasteiger partial charge on any atom is -0.334 e. The summed E-state index contributed by atoms with van der Waals surface area (Å²) in [5, 5.41) is 9.61. The molecular weight excluding hydrogens is 212 g/mol. The molecule has 2 N–H and O–H groups in total. The largest absolute Gasteiger partial charge is 0.547 e. The Morgan fingerprint density at radius 1 is 0.812 bits per heavy atom. The van der Waals surface area contributed by atoms with E-state index in [1.54, 1.807) is 10.1 Å². The van der Waals surface area contributed by atoms with E-state index in [0.29, 0.717) is 26.2 Å². The van der Waals surface area contributed by atoms with Gasteiger partial charge in [0, 0.05) is 52.4 Å². The van der Waals surface area contributed by atoms with Crippen molar-refractivity contribution in [1.82, 2.24) is 20.8 Å². The predicted molar refractivity (Wildman–Crippen MR) is 56.5 cm³/mol. The monoisotopic (exact) mass is 230 g/mol. The number of nitrogens with one attached hydrogen (secondary N) is 2. The summed E-state index contributed by atoms with van der Waals surface area (Å²) < 4.78 is 0. The third-order valence-corrected chi connectivity index (χ3v) is 2.56. The molecule has 0 aromatic rings. The van der Waals surface area contributed by atoms with Crippen molar-refractivity contribution in [3.8, 4) is 0 Å². The van der Waals surface area contributed by atoms with Crippen molar-refractivity contribution in [1.29, 1.82) is 0 Å². The Labute approximate surface area is 94.6 Å². The smallest absolute Gasteiger partial charge is 0.334 e. The highest BCUT2D eigenvalue weighted by Crippen LogP contribution is 2.00. The first-order valence-electron chi connectivity index (χ1n) is 5.66. The highest BCUT2D eigenvalue weighted by molar-refractivity contribution is 5.59. The fraction of sp³-hybridized carbons (Fsp3) is 0.889. The van der Waals surface area contributed by atoms with Gasteiger partial charge in [-0.2, -0.15) is 4.79 Å². The van der Waals surface area contributed by atoms with Crippen molar-refractivity contribution in [2.45, 2.75) is 0 Å². The summed E-state index contributed by atoms with van der Waals surface area (Å²) in [4.78, 5) is 21.5. The fourth-order valence-electron chi connectivity index (χ4n) is 1.70. The summed E-state index contributed by atoms with van der Waals surface area (Å²) >= 11 is 0. The van der Waals surface area contributed by atoms with Crippen LogP contribution in [0.2, 0.25) is 0 Å². The molecule has 2 fully saturated rings. The molecule has 0 aromatic heterocycles. The second kappa shape index (κ2) is 6.00. The fourth-order valence-corrected chi connectivity index (χ4v) is 1.70. The Balaban J connectivity index is 1.66. The summed E-state index contributed by atoms with van der Waals surface area (Å²) in [6.07, 6.45) is -0.635. The van der Waals surface area contributed by atoms with E-state index in [9.17, 15) is 4.79 Å². The van der Waals surface area contributed by atoms with E-state index in [0.717, 1.165) is 26.2 Å². The van der Waals surface area contributed by atoms with Crippen LogP contribution in [-0.2, 0) is 9.68 Å². The number of rotatable bonds is 2. The van der Waals surface area contributed by atoms with Crippen LogP contribution in [0.4, 0.5) is 4.79 Å². The first-order valence-corrected chi connectivity index (χ1v) is 5.66. The van der Waals surface area contributed by atoms with Gasteiger partial charge < -0.3 is 20.3 Å². The summed E-state index contributed by atoms with van der Waals surface area (Å²) in [6, 6.07) is 0. The van der Waals surface area contributed by atoms with Crippen molar-refractivity contribution in [3.05, 3.63) is 0 Å². The van der Waals surface area contributed by atoms with Gasteiger partial charge in [-0.05, 0) is 0 Å². The number of hydrogen-bond donors (Lipinski definition) is 2. The molecule has 0 unspecified atom stereocenters. The lowest BCUT2D eigenvalue weighted by Gasteiger charge is -2.28. The van der Waals surface area contributed by atoms with Crippen LogP contribution in [0.15, 0.2) is 0 Å². The molecule has 0 aliphatic carbocycles. The summed E-state index contributed by atoms with van der Waals surface area (Å²) in [5.41, 5.74) is 0. The molecule has 2 heterocycles. The topological polar surface area (TPSA) is 66.1 Å². The van der Waals surface area contributed by atoms with Gasteiger partial charge >= 0.3 is 6.16 Å². The molecule has 0 spiro atoms. The van der Waals surface area contributed by atoms with Gasteiger partial charge in [0.1, 0.15) is 0 Å². The average molecular weight is 230 g/mol. The van der Waals surface area contributed by atoms with Gasteiger partial charge in [-0.15, -0.1) is 10.1 Å². The Morgan fingerprint density at radius 2 is 1.19 bits per heavy atom. The predicted octanol–water partition coefficient (Wildman–Crippen LogP) is -1.22. The Kier molecular flexibility index (Phi) is 4.34. The molecule has 2 saturated heterocycles. The zero-order valence-electron chi connectivity index (χ0n) is 9.28. The summed E-state index contributed by atoms with van der Waals surface area (Å²) in [5.74, 6) is 0. The van der Waals surface area contributed by atoms with Gasteiger partial charge in [-0.3, -0.25) is 0 Å². The van der Waals surface area contributed by atoms with Crippen molar-refractivity contribution < 1.29 is 14.5 Å². The van der Waals surface area contributed by atoms with Gasteiger partial charge in [-0.25, -0.2) is 0 Å². The van der Waals surface area contributed by atoms with Crippen LogP contribution in [0, 0.1) is 0 Å². The van der Waals surface area contributed by atoms with Gasteiger partial charge in [0.25, 0.3) is 0 Å². The first-order chi connectivity index (χ1) is 7.84. The Hall–Kier alpha value is -0.890. The van der Waals surface area contributed by atoms with Crippen molar-refractivity contribution in [3.63, 3.8) is 0 Å². The molecule has 2 rings (SSSR count). The molecule has 0 aromatic carbocycles. The van der Waals surface area contributed by atoms with Gasteiger partial charge in [0.2, 0.25) is 0 Å². The molecule has 7 nitrogen and oxygen atoms in total. The second-order valence-electron chi connectivity index (χ2n) is 3.79. The molecule has 16 heavy (non-hydrogen) atoms. The summed E-state index contributed by atoms with van der Waals surface area (Å²) in [7, 11) is 0. The van der Waals surface area contributed by atoms with E-state index in [2.05, 4.69) is 10.6 Å². The molecule has 0 amide bonds. The highest BCUT2D eigenvalue weighted by Gasteiger charge is 2.19. The van der Waals surface area contributed by atoms with E-state index in [1.165, 1.54) is 0 Å². The van der Waals surface area contributed by atoms with E-state index < -0.39 is 6.16 Å². The molecular formula is C9H18N4O3. The van der Waals surface area contributed by atoms with E-state index in [4.69, 9.17) is 9.68 Å². The standard InChI is InChI=1S/C9H18N4O3/c14-9(15-12-5-1-10-2-6-12)16-13-7-3-11-4-8-13/h10-11H,1-8H2. The van der Waals surface area contributed by atoms with Crippen molar-refractivity contribution in [2.75, 3.05) is 52.4 Å². The van der Waals surface area contributed by atoms with Crippen molar-refractivity contribution in [2.24, 2.45) is 0 Å². The zero-order chi connectivity index (χ0) is 11.2. The maximum atomic E-state index is 11.4. The third kappa shape index (κ3) is 3.60. The highest BCUT2D eigenvalue weighted by atomic mass is 16.9. The minimum absolute atomic E-state index is 0.635. The van der Waals surface area contributed by atoms with E-state index >= 15 is 0 Å². The van der Waals surface area contributed by atoms with Gasteiger partial charge in [0.05, 0.1) is 0 Å².